The number of nitrogens with zero attached hydrogens (tertiary/aromatic N) is 1. The predicted octanol–water partition coefficient (Wildman–Crippen LogP) is 3.06. The van der Waals surface area contributed by atoms with E-state index in [4.69, 9.17) is 0 Å². The number of benzene rings is 2. The molecule has 172 valence electrons. The Balaban J connectivity index is 1.59. The summed E-state index contributed by atoms with van der Waals surface area (Å²) in [6.45, 7) is 3.12. The van der Waals surface area contributed by atoms with Crippen LogP contribution >= 0.6 is 0 Å². The second-order valence-corrected chi connectivity index (χ2v) is 10.1. The van der Waals surface area contributed by atoms with Crippen LogP contribution in [0, 0.1) is 6.92 Å². The van der Waals surface area contributed by atoms with Gasteiger partial charge in [0.05, 0.1) is 11.9 Å². The van der Waals surface area contributed by atoms with E-state index in [1.165, 1.54) is 5.56 Å². The third-order valence-corrected chi connectivity index (χ3v) is 6.52. The van der Waals surface area contributed by atoms with E-state index in [0.717, 1.165) is 36.6 Å². The minimum atomic E-state index is -3.41. The van der Waals surface area contributed by atoms with E-state index in [-0.39, 0.29) is 11.8 Å². The number of hydrogen-bond donors (Lipinski definition) is 2. The maximum absolute atomic E-state index is 13.0. The Bertz CT molecular complexity index is 1070. The van der Waals surface area contributed by atoms with Gasteiger partial charge in [-0.3, -0.25) is 14.3 Å². The zero-order valence-corrected chi connectivity index (χ0v) is 19.7. The van der Waals surface area contributed by atoms with Crippen LogP contribution in [0.15, 0.2) is 42.5 Å². The van der Waals surface area contributed by atoms with Gasteiger partial charge in [-0.15, -0.1) is 0 Å². The Kier molecular flexibility index (Phi) is 7.56. The molecule has 0 atom stereocenters. The van der Waals surface area contributed by atoms with E-state index in [9.17, 15) is 18.0 Å². The Hall–Kier alpha value is -2.87. The number of aryl methyl sites for hydroxylation is 2. The summed E-state index contributed by atoms with van der Waals surface area (Å²) in [4.78, 5) is 26.2. The summed E-state index contributed by atoms with van der Waals surface area (Å²) in [7, 11) is -1.77. The first-order valence-electron chi connectivity index (χ1n) is 10.8. The zero-order valence-electron chi connectivity index (χ0n) is 18.8. The topological polar surface area (TPSA) is 95.6 Å². The molecule has 1 aliphatic heterocycles. The summed E-state index contributed by atoms with van der Waals surface area (Å²) in [6, 6.07) is 13.5. The molecule has 0 saturated carbocycles. The van der Waals surface area contributed by atoms with Gasteiger partial charge in [-0.05, 0) is 60.9 Å². The molecule has 0 aromatic heterocycles. The summed E-state index contributed by atoms with van der Waals surface area (Å²) in [5.74, 6) is 0.357. The average molecular weight is 458 g/mol. The van der Waals surface area contributed by atoms with Crippen molar-refractivity contribution in [1.29, 1.82) is 0 Å². The van der Waals surface area contributed by atoms with Gasteiger partial charge < -0.3 is 10.2 Å². The Morgan fingerprint density at radius 1 is 1.06 bits per heavy atom. The highest BCUT2D eigenvalue weighted by Gasteiger charge is 2.25. The predicted molar refractivity (Wildman–Crippen MR) is 126 cm³/mol. The molecule has 0 spiro atoms. The van der Waals surface area contributed by atoms with Crippen molar-refractivity contribution < 1.29 is 18.0 Å². The third-order valence-electron chi connectivity index (χ3n) is 5.93. The van der Waals surface area contributed by atoms with Gasteiger partial charge in [-0.1, -0.05) is 30.3 Å². The number of piperidine rings is 1. The first-order chi connectivity index (χ1) is 15.2. The highest BCUT2D eigenvalue weighted by atomic mass is 32.2. The van der Waals surface area contributed by atoms with Gasteiger partial charge in [0.25, 0.3) is 5.91 Å². The molecular weight excluding hydrogens is 426 g/mol. The molecule has 7 nitrogen and oxygen atoms in total. The van der Waals surface area contributed by atoms with Crippen LogP contribution in [0.1, 0.15) is 52.2 Å². The molecule has 2 N–H and O–H groups in total. The molecule has 1 saturated heterocycles. The van der Waals surface area contributed by atoms with Crippen molar-refractivity contribution >= 4 is 27.5 Å². The molecule has 2 aromatic rings. The Labute approximate surface area is 190 Å². The molecule has 3 rings (SSSR count). The van der Waals surface area contributed by atoms with Crippen molar-refractivity contribution in [2.24, 2.45) is 0 Å². The summed E-state index contributed by atoms with van der Waals surface area (Å²) >= 11 is 0. The van der Waals surface area contributed by atoms with E-state index >= 15 is 0 Å². The van der Waals surface area contributed by atoms with Gasteiger partial charge in [0.1, 0.15) is 0 Å². The zero-order chi connectivity index (χ0) is 23.3. The number of carbonyl (C=O) groups excluding carboxylic acids is 2. The standard InChI is InChI=1S/C24H31N3O4S/c1-17-4-8-21(16-22(17)26-32(3,30)31)24(29)27-14-12-20(13-15-27)19-9-5-18(6-10-19)7-11-23(28)25-2/h4-6,8-10,16,20,26H,7,11-15H2,1-3H3,(H,25,28). The Morgan fingerprint density at radius 3 is 2.31 bits per heavy atom. The van der Waals surface area contributed by atoms with Gasteiger partial charge in [-0.25, -0.2) is 8.42 Å². The van der Waals surface area contributed by atoms with E-state index in [1.54, 1.807) is 32.2 Å². The molecule has 1 aliphatic rings. The van der Waals surface area contributed by atoms with Crippen molar-refractivity contribution in [1.82, 2.24) is 10.2 Å². The number of amides is 2. The number of sulfonamides is 1. The lowest BCUT2D eigenvalue weighted by Gasteiger charge is -2.32. The lowest BCUT2D eigenvalue weighted by atomic mass is 9.88. The molecule has 0 unspecified atom stereocenters. The highest BCUT2D eigenvalue weighted by molar-refractivity contribution is 7.92. The largest absolute Gasteiger partial charge is 0.359 e. The van der Waals surface area contributed by atoms with Gasteiger partial charge >= 0.3 is 0 Å². The maximum Gasteiger partial charge on any atom is 0.253 e. The SMILES string of the molecule is CNC(=O)CCc1ccc(C2CCN(C(=O)c3ccc(C)c(NS(C)(=O)=O)c3)CC2)cc1. The first kappa shape index (κ1) is 23.8. The van der Waals surface area contributed by atoms with Crippen LogP contribution in [0.3, 0.4) is 0 Å². The van der Waals surface area contributed by atoms with Gasteiger partial charge in [0.15, 0.2) is 0 Å². The van der Waals surface area contributed by atoms with Gasteiger partial charge in [-0.2, -0.15) is 0 Å². The van der Waals surface area contributed by atoms with Crippen LogP contribution in [0.5, 0.6) is 0 Å². The Morgan fingerprint density at radius 2 is 1.72 bits per heavy atom. The van der Waals surface area contributed by atoms with Crippen LogP contribution in [-0.4, -0.2) is 51.5 Å². The van der Waals surface area contributed by atoms with Crippen molar-refractivity contribution in [3.63, 3.8) is 0 Å². The van der Waals surface area contributed by atoms with E-state index < -0.39 is 10.0 Å². The highest BCUT2D eigenvalue weighted by Crippen LogP contribution is 2.29. The maximum atomic E-state index is 13.0. The first-order valence-corrected chi connectivity index (χ1v) is 12.7. The molecule has 0 aliphatic carbocycles. The number of rotatable bonds is 7. The molecule has 0 radical (unpaired) electrons. The van der Waals surface area contributed by atoms with Crippen molar-refractivity contribution in [3.05, 3.63) is 64.7 Å². The van der Waals surface area contributed by atoms with Crippen LogP contribution in [0.25, 0.3) is 0 Å². The summed E-state index contributed by atoms with van der Waals surface area (Å²) in [5, 5.41) is 2.64. The third kappa shape index (κ3) is 6.32. The normalized spacial score (nSPS) is 14.8. The minimum Gasteiger partial charge on any atom is -0.359 e. The van der Waals surface area contributed by atoms with Crippen molar-refractivity contribution in [2.45, 2.75) is 38.5 Å². The van der Waals surface area contributed by atoms with E-state index in [2.05, 4.69) is 34.3 Å². The van der Waals surface area contributed by atoms with Crippen molar-refractivity contribution in [2.75, 3.05) is 31.1 Å². The second-order valence-electron chi connectivity index (χ2n) is 8.39. The molecule has 1 fully saturated rings. The number of anilines is 1. The average Bonchev–Trinajstić information content (AvgIpc) is 2.78. The number of hydrogen-bond acceptors (Lipinski definition) is 4. The number of nitrogens with one attached hydrogen (secondary N) is 2. The van der Waals surface area contributed by atoms with Crippen LogP contribution in [0.4, 0.5) is 5.69 Å². The quantitative estimate of drug-likeness (QED) is 0.668. The molecule has 2 aromatic carbocycles. The second kappa shape index (κ2) is 10.2. The fourth-order valence-electron chi connectivity index (χ4n) is 4.00. The molecule has 0 bridgehead atoms. The van der Waals surface area contributed by atoms with Crippen LogP contribution in [-0.2, 0) is 21.2 Å². The van der Waals surface area contributed by atoms with Crippen LogP contribution < -0.4 is 10.0 Å². The van der Waals surface area contributed by atoms with E-state index in [1.807, 2.05) is 4.90 Å². The summed E-state index contributed by atoms with van der Waals surface area (Å²) in [5.41, 5.74) is 4.09. The summed E-state index contributed by atoms with van der Waals surface area (Å²) in [6.07, 6.45) is 4.06. The minimum absolute atomic E-state index is 0.0407. The molecule has 8 heteroatoms. The molecular formula is C24H31N3O4S. The number of likely N-dealkylation sites (tertiary alicyclic amines) is 1. The van der Waals surface area contributed by atoms with Gasteiger partial charge in [0.2, 0.25) is 15.9 Å². The smallest absolute Gasteiger partial charge is 0.253 e. The lowest BCUT2D eigenvalue weighted by molar-refractivity contribution is -0.120. The molecule has 32 heavy (non-hydrogen) atoms. The number of carbonyl (C=O) groups is 2. The fourth-order valence-corrected chi connectivity index (χ4v) is 4.62. The van der Waals surface area contributed by atoms with Gasteiger partial charge in [0, 0.05) is 32.1 Å². The lowest BCUT2D eigenvalue weighted by Crippen LogP contribution is -2.38. The fraction of sp³-hybridized carbons (Fsp3) is 0.417. The molecule has 1 heterocycles. The monoisotopic (exact) mass is 457 g/mol. The van der Waals surface area contributed by atoms with E-state index in [0.29, 0.717) is 36.7 Å². The van der Waals surface area contributed by atoms with Crippen molar-refractivity contribution in [3.8, 4) is 0 Å². The molecule has 2 amide bonds. The van der Waals surface area contributed by atoms with Crippen LogP contribution in [0.2, 0.25) is 0 Å². The summed E-state index contributed by atoms with van der Waals surface area (Å²) < 4.78 is 25.6.